The number of anilines is 1. The molecule has 4 nitrogen and oxygen atoms in total. The number of pyridine rings is 1. The van der Waals surface area contributed by atoms with Crippen molar-refractivity contribution in [1.82, 2.24) is 9.88 Å². The first-order valence-electron chi connectivity index (χ1n) is 7.51. The molecule has 2 rings (SSSR count). The maximum atomic E-state index is 12.7. The average molecular weight is 275 g/mol. The Kier molecular flexibility index (Phi) is 4.63. The maximum absolute atomic E-state index is 12.7. The van der Waals surface area contributed by atoms with Gasteiger partial charge < -0.3 is 10.2 Å². The van der Waals surface area contributed by atoms with E-state index in [0.717, 1.165) is 38.2 Å². The molecule has 1 aliphatic rings. The fraction of sp³-hybridized carbons (Fsp3) is 0.625. The SMILES string of the molecule is CCNc1ccncc1C(=O)N1CCCC(C)(C)CC1. The van der Waals surface area contributed by atoms with Crippen molar-refractivity contribution in [3.63, 3.8) is 0 Å². The summed E-state index contributed by atoms with van der Waals surface area (Å²) in [5.74, 6) is 0.103. The lowest BCUT2D eigenvalue weighted by molar-refractivity contribution is 0.0758. The van der Waals surface area contributed by atoms with E-state index in [2.05, 4.69) is 24.1 Å². The summed E-state index contributed by atoms with van der Waals surface area (Å²) in [4.78, 5) is 18.8. The van der Waals surface area contributed by atoms with Gasteiger partial charge in [-0.2, -0.15) is 0 Å². The predicted molar refractivity (Wildman–Crippen MR) is 81.9 cm³/mol. The molecule has 0 saturated carbocycles. The number of nitrogens with zero attached hydrogens (tertiary/aromatic N) is 2. The third kappa shape index (κ3) is 3.50. The Morgan fingerprint density at radius 1 is 1.40 bits per heavy atom. The summed E-state index contributed by atoms with van der Waals surface area (Å²) in [6.45, 7) is 9.10. The van der Waals surface area contributed by atoms with E-state index < -0.39 is 0 Å². The van der Waals surface area contributed by atoms with Gasteiger partial charge in [-0.05, 0) is 37.7 Å². The van der Waals surface area contributed by atoms with Gasteiger partial charge in [-0.3, -0.25) is 9.78 Å². The maximum Gasteiger partial charge on any atom is 0.257 e. The second-order valence-corrected chi connectivity index (χ2v) is 6.26. The van der Waals surface area contributed by atoms with E-state index in [4.69, 9.17) is 0 Å². The number of likely N-dealkylation sites (tertiary alicyclic amines) is 1. The first-order valence-corrected chi connectivity index (χ1v) is 7.51. The highest BCUT2D eigenvalue weighted by Gasteiger charge is 2.26. The minimum Gasteiger partial charge on any atom is -0.385 e. The van der Waals surface area contributed by atoms with Crippen molar-refractivity contribution in [2.75, 3.05) is 25.0 Å². The fourth-order valence-electron chi connectivity index (χ4n) is 2.71. The minimum atomic E-state index is 0.103. The number of carbonyl (C=O) groups is 1. The summed E-state index contributed by atoms with van der Waals surface area (Å²) in [6, 6.07) is 1.87. The van der Waals surface area contributed by atoms with Gasteiger partial charge in [0, 0.05) is 32.0 Å². The standard InChI is InChI=1S/C16H25N3O/c1-4-18-14-6-9-17-12-13(14)15(20)19-10-5-7-16(2,3)8-11-19/h6,9,12H,4-5,7-8,10-11H2,1-3H3,(H,17,18). The number of hydrogen-bond acceptors (Lipinski definition) is 3. The van der Waals surface area contributed by atoms with Gasteiger partial charge in [-0.1, -0.05) is 13.8 Å². The van der Waals surface area contributed by atoms with Gasteiger partial charge in [-0.25, -0.2) is 0 Å². The molecule has 1 amide bonds. The summed E-state index contributed by atoms with van der Waals surface area (Å²) >= 11 is 0. The van der Waals surface area contributed by atoms with Gasteiger partial charge in [0.2, 0.25) is 0 Å². The lowest BCUT2D eigenvalue weighted by Gasteiger charge is -2.24. The molecule has 1 N–H and O–H groups in total. The molecule has 4 heteroatoms. The Morgan fingerprint density at radius 2 is 2.20 bits per heavy atom. The van der Waals surface area contributed by atoms with Crippen LogP contribution in [0.2, 0.25) is 0 Å². The van der Waals surface area contributed by atoms with Crippen molar-refractivity contribution in [2.24, 2.45) is 5.41 Å². The molecule has 20 heavy (non-hydrogen) atoms. The van der Waals surface area contributed by atoms with E-state index in [-0.39, 0.29) is 5.91 Å². The summed E-state index contributed by atoms with van der Waals surface area (Å²) in [5, 5.41) is 3.24. The Balaban J connectivity index is 2.15. The minimum absolute atomic E-state index is 0.103. The van der Waals surface area contributed by atoms with Gasteiger partial charge in [0.25, 0.3) is 5.91 Å². The van der Waals surface area contributed by atoms with Crippen LogP contribution in [0.5, 0.6) is 0 Å². The number of rotatable bonds is 3. The third-order valence-corrected chi connectivity index (χ3v) is 4.05. The van der Waals surface area contributed by atoms with Crippen molar-refractivity contribution in [3.8, 4) is 0 Å². The molecule has 0 bridgehead atoms. The summed E-state index contributed by atoms with van der Waals surface area (Å²) in [7, 11) is 0. The normalized spacial score (nSPS) is 18.4. The zero-order chi connectivity index (χ0) is 14.6. The Labute approximate surface area is 121 Å². The van der Waals surface area contributed by atoms with Crippen LogP contribution >= 0.6 is 0 Å². The highest BCUT2D eigenvalue weighted by Crippen LogP contribution is 2.30. The molecule has 1 saturated heterocycles. The molecular weight excluding hydrogens is 250 g/mol. The molecular formula is C16H25N3O. The van der Waals surface area contributed by atoms with Crippen LogP contribution in [0, 0.1) is 5.41 Å². The monoisotopic (exact) mass is 275 g/mol. The molecule has 1 fully saturated rings. The van der Waals surface area contributed by atoms with E-state index in [1.807, 2.05) is 17.9 Å². The smallest absolute Gasteiger partial charge is 0.257 e. The van der Waals surface area contributed by atoms with Crippen LogP contribution in [-0.4, -0.2) is 35.4 Å². The zero-order valence-electron chi connectivity index (χ0n) is 12.8. The molecule has 0 unspecified atom stereocenters. The van der Waals surface area contributed by atoms with Crippen LogP contribution in [-0.2, 0) is 0 Å². The highest BCUT2D eigenvalue weighted by molar-refractivity contribution is 5.99. The van der Waals surface area contributed by atoms with Crippen molar-refractivity contribution in [1.29, 1.82) is 0 Å². The molecule has 0 aliphatic carbocycles. The predicted octanol–water partition coefficient (Wildman–Crippen LogP) is 3.17. The Bertz CT molecular complexity index is 471. The van der Waals surface area contributed by atoms with Crippen LogP contribution in [0.1, 0.15) is 50.4 Å². The number of nitrogens with one attached hydrogen (secondary N) is 1. The summed E-state index contributed by atoms with van der Waals surface area (Å²) in [6.07, 6.45) is 6.73. The molecule has 1 aromatic heterocycles. The molecule has 0 radical (unpaired) electrons. The molecule has 0 atom stereocenters. The van der Waals surface area contributed by atoms with Crippen LogP contribution in [0.3, 0.4) is 0 Å². The first-order chi connectivity index (χ1) is 9.53. The van der Waals surface area contributed by atoms with Crippen molar-refractivity contribution in [2.45, 2.75) is 40.0 Å². The van der Waals surface area contributed by atoms with Gasteiger partial charge >= 0.3 is 0 Å². The van der Waals surface area contributed by atoms with Gasteiger partial charge in [0.1, 0.15) is 0 Å². The quantitative estimate of drug-likeness (QED) is 0.921. The van der Waals surface area contributed by atoms with E-state index in [0.29, 0.717) is 11.0 Å². The summed E-state index contributed by atoms with van der Waals surface area (Å²) < 4.78 is 0. The molecule has 0 spiro atoms. The zero-order valence-corrected chi connectivity index (χ0v) is 12.8. The molecule has 0 aromatic carbocycles. The lowest BCUT2D eigenvalue weighted by atomic mass is 9.85. The van der Waals surface area contributed by atoms with Crippen LogP contribution < -0.4 is 5.32 Å². The van der Waals surface area contributed by atoms with Crippen LogP contribution in [0.25, 0.3) is 0 Å². The third-order valence-electron chi connectivity index (χ3n) is 4.05. The van der Waals surface area contributed by atoms with Gasteiger partial charge in [0.15, 0.2) is 0 Å². The fourth-order valence-corrected chi connectivity index (χ4v) is 2.71. The van der Waals surface area contributed by atoms with Crippen LogP contribution in [0.4, 0.5) is 5.69 Å². The van der Waals surface area contributed by atoms with Gasteiger partial charge in [0.05, 0.1) is 11.3 Å². The number of aromatic nitrogens is 1. The highest BCUT2D eigenvalue weighted by atomic mass is 16.2. The number of carbonyl (C=O) groups excluding carboxylic acids is 1. The van der Waals surface area contributed by atoms with E-state index in [1.54, 1.807) is 12.4 Å². The first kappa shape index (κ1) is 14.8. The van der Waals surface area contributed by atoms with E-state index in [1.165, 1.54) is 6.42 Å². The van der Waals surface area contributed by atoms with E-state index in [9.17, 15) is 4.79 Å². The molecule has 2 heterocycles. The summed E-state index contributed by atoms with van der Waals surface area (Å²) in [5.41, 5.74) is 1.92. The largest absolute Gasteiger partial charge is 0.385 e. The molecule has 1 aliphatic heterocycles. The number of hydrogen-bond donors (Lipinski definition) is 1. The lowest BCUT2D eigenvalue weighted by Crippen LogP contribution is -2.33. The second kappa shape index (κ2) is 6.25. The Morgan fingerprint density at radius 3 is 2.95 bits per heavy atom. The molecule has 110 valence electrons. The van der Waals surface area contributed by atoms with Crippen molar-refractivity contribution in [3.05, 3.63) is 24.0 Å². The van der Waals surface area contributed by atoms with Crippen molar-refractivity contribution >= 4 is 11.6 Å². The molecule has 1 aromatic rings. The van der Waals surface area contributed by atoms with Crippen molar-refractivity contribution < 1.29 is 4.79 Å². The average Bonchev–Trinajstić information content (AvgIpc) is 2.60. The second-order valence-electron chi connectivity index (χ2n) is 6.26. The number of amides is 1. The van der Waals surface area contributed by atoms with Gasteiger partial charge in [-0.15, -0.1) is 0 Å². The topological polar surface area (TPSA) is 45.2 Å². The Hall–Kier alpha value is -1.58. The van der Waals surface area contributed by atoms with E-state index >= 15 is 0 Å². The van der Waals surface area contributed by atoms with Crippen LogP contribution in [0.15, 0.2) is 18.5 Å².